The lowest BCUT2D eigenvalue weighted by molar-refractivity contribution is -0.117. The van der Waals surface area contributed by atoms with Gasteiger partial charge in [0.15, 0.2) is 0 Å². The molecule has 25 heavy (non-hydrogen) atoms. The summed E-state index contributed by atoms with van der Waals surface area (Å²) < 4.78 is 10.6. The van der Waals surface area contributed by atoms with Crippen molar-refractivity contribution in [3.05, 3.63) is 41.3 Å². The van der Waals surface area contributed by atoms with Gasteiger partial charge in [0.05, 0.1) is 13.7 Å². The second-order valence-corrected chi connectivity index (χ2v) is 6.32. The molecule has 1 N–H and O–H groups in total. The van der Waals surface area contributed by atoms with Gasteiger partial charge in [-0.15, -0.1) is 0 Å². The lowest BCUT2D eigenvalue weighted by Gasteiger charge is -2.19. The SMILES string of the molecule is CCN(CC(=O)Nc1ccc(OC)cc1)Cc1noc2c1CCCC2. The first kappa shape index (κ1) is 17.5. The Bertz CT molecular complexity index is 709. The first-order valence-electron chi connectivity index (χ1n) is 8.82. The molecule has 6 nitrogen and oxygen atoms in total. The number of anilines is 1. The van der Waals surface area contributed by atoms with Crippen molar-refractivity contribution in [3.8, 4) is 5.75 Å². The molecule has 0 bridgehead atoms. The highest BCUT2D eigenvalue weighted by Crippen LogP contribution is 2.25. The van der Waals surface area contributed by atoms with E-state index in [2.05, 4.69) is 15.4 Å². The van der Waals surface area contributed by atoms with Crippen LogP contribution in [0.2, 0.25) is 0 Å². The Morgan fingerprint density at radius 2 is 2.04 bits per heavy atom. The molecule has 1 amide bonds. The number of fused-ring (bicyclic) bond motifs is 1. The molecule has 0 spiro atoms. The highest BCUT2D eigenvalue weighted by molar-refractivity contribution is 5.92. The maximum Gasteiger partial charge on any atom is 0.238 e. The number of carbonyl (C=O) groups is 1. The van der Waals surface area contributed by atoms with Crippen LogP contribution >= 0.6 is 0 Å². The van der Waals surface area contributed by atoms with Crippen molar-refractivity contribution in [2.45, 2.75) is 39.2 Å². The zero-order valence-electron chi connectivity index (χ0n) is 14.9. The summed E-state index contributed by atoms with van der Waals surface area (Å²) in [6.07, 6.45) is 4.37. The Morgan fingerprint density at radius 3 is 2.76 bits per heavy atom. The molecule has 0 radical (unpaired) electrons. The lowest BCUT2D eigenvalue weighted by atomic mass is 9.96. The van der Waals surface area contributed by atoms with Gasteiger partial charge in [0.2, 0.25) is 5.91 Å². The second kappa shape index (κ2) is 8.16. The van der Waals surface area contributed by atoms with Crippen molar-refractivity contribution in [1.29, 1.82) is 0 Å². The summed E-state index contributed by atoms with van der Waals surface area (Å²) in [4.78, 5) is 14.4. The maximum atomic E-state index is 12.3. The maximum absolute atomic E-state index is 12.3. The first-order chi connectivity index (χ1) is 12.2. The average Bonchev–Trinajstić information content (AvgIpc) is 3.05. The Morgan fingerprint density at radius 1 is 1.28 bits per heavy atom. The molecule has 0 aliphatic heterocycles. The van der Waals surface area contributed by atoms with E-state index in [-0.39, 0.29) is 5.91 Å². The van der Waals surface area contributed by atoms with E-state index < -0.39 is 0 Å². The summed E-state index contributed by atoms with van der Waals surface area (Å²) in [5.41, 5.74) is 3.00. The van der Waals surface area contributed by atoms with E-state index in [0.29, 0.717) is 13.1 Å². The van der Waals surface area contributed by atoms with Crippen molar-refractivity contribution in [2.75, 3.05) is 25.5 Å². The average molecular weight is 343 g/mol. The largest absolute Gasteiger partial charge is 0.497 e. The summed E-state index contributed by atoms with van der Waals surface area (Å²) in [7, 11) is 1.62. The van der Waals surface area contributed by atoms with Crippen molar-refractivity contribution in [1.82, 2.24) is 10.1 Å². The molecule has 0 fully saturated rings. The second-order valence-electron chi connectivity index (χ2n) is 6.32. The van der Waals surface area contributed by atoms with Crippen LogP contribution in [0.1, 0.15) is 36.8 Å². The fourth-order valence-corrected chi connectivity index (χ4v) is 3.14. The summed E-state index contributed by atoms with van der Waals surface area (Å²) in [6, 6.07) is 7.33. The summed E-state index contributed by atoms with van der Waals surface area (Å²) in [6.45, 7) is 3.79. The Labute approximate surface area is 148 Å². The third-order valence-electron chi connectivity index (χ3n) is 4.59. The van der Waals surface area contributed by atoms with E-state index in [0.717, 1.165) is 42.3 Å². The van der Waals surface area contributed by atoms with Crippen LogP contribution in [0.4, 0.5) is 5.69 Å². The van der Waals surface area contributed by atoms with Gasteiger partial charge in [-0.25, -0.2) is 0 Å². The molecule has 1 aliphatic carbocycles. The quantitative estimate of drug-likeness (QED) is 0.837. The molecule has 1 aliphatic rings. The number of ether oxygens (including phenoxy) is 1. The number of hydrogen-bond donors (Lipinski definition) is 1. The van der Waals surface area contributed by atoms with Crippen LogP contribution < -0.4 is 10.1 Å². The zero-order chi connectivity index (χ0) is 17.6. The molecule has 134 valence electrons. The molecule has 1 aromatic carbocycles. The van der Waals surface area contributed by atoms with E-state index in [1.807, 2.05) is 31.2 Å². The number of nitrogens with one attached hydrogen (secondary N) is 1. The first-order valence-corrected chi connectivity index (χ1v) is 8.82. The van der Waals surface area contributed by atoms with Crippen molar-refractivity contribution >= 4 is 11.6 Å². The molecule has 0 unspecified atom stereocenters. The molecule has 0 atom stereocenters. The number of benzene rings is 1. The number of carbonyl (C=O) groups excluding carboxylic acids is 1. The third-order valence-corrected chi connectivity index (χ3v) is 4.59. The highest BCUT2D eigenvalue weighted by atomic mass is 16.5. The normalized spacial score (nSPS) is 13.6. The number of methoxy groups -OCH3 is 1. The minimum atomic E-state index is -0.0376. The van der Waals surface area contributed by atoms with Crippen LogP contribution in [0, 0.1) is 0 Å². The van der Waals surface area contributed by atoms with Crippen LogP contribution in [-0.4, -0.2) is 36.2 Å². The van der Waals surface area contributed by atoms with Gasteiger partial charge in [-0.05, 0) is 50.1 Å². The highest BCUT2D eigenvalue weighted by Gasteiger charge is 2.21. The van der Waals surface area contributed by atoms with Gasteiger partial charge < -0.3 is 14.6 Å². The number of aromatic nitrogens is 1. The number of rotatable bonds is 7. The summed E-state index contributed by atoms with van der Waals surface area (Å²) in [5.74, 6) is 1.76. The van der Waals surface area contributed by atoms with Crippen molar-refractivity contribution < 1.29 is 14.1 Å². The Balaban J connectivity index is 1.57. The predicted octanol–water partition coefficient (Wildman–Crippen LogP) is 3.02. The van der Waals surface area contributed by atoms with Crippen molar-refractivity contribution in [3.63, 3.8) is 0 Å². The van der Waals surface area contributed by atoms with E-state index in [1.165, 1.54) is 18.4 Å². The summed E-state index contributed by atoms with van der Waals surface area (Å²) >= 11 is 0. The standard InChI is InChI=1S/C19H25N3O3/c1-3-22(12-17-16-6-4-5-7-18(16)25-21-17)13-19(23)20-14-8-10-15(24-2)11-9-14/h8-11H,3-7,12-13H2,1-2H3,(H,20,23). The van der Waals surface area contributed by atoms with Crippen LogP contribution in [-0.2, 0) is 24.2 Å². The van der Waals surface area contributed by atoms with Crippen molar-refractivity contribution in [2.24, 2.45) is 0 Å². The van der Waals surface area contributed by atoms with E-state index in [1.54, 1.807) is 7.11 Å². The van der Waals surface area contributed by atoms with Gasteiger partial charge in [0.25, 0.3) is 0 Å². The molecule has 1 aromatic heterocycles. The molecular weight excluding hydrogens is 318 g/mol. The fourth-order valence-electron chi connectivity index (χ4n) is 3.14. The van der Waals surface area contributed by atoms with Crippen LogP contribution in [0.15, 0.2) is 28.8 Å². The molecule has 0 saturated heterocycles. The minimum Gasteiger partial charge on any atom is -0.497 e. The third kappa shape index (κ3) is 4.39. The number of hydrogen-bond acceptors (Lipinski definition) is 5. The van der Waals surface area contributed by atoms with Crippen LogP contribution in [0.25, 0.3) is 0 Å². The monoisotopic (exact) mass is 343 g/mol. The Kier molecular flexibility index (Phi) is 5.71. The number of nitrogens with zero attached hydrogens (tertiary/aromatic N) is 2. The fraction of sp³-hybridized carbons (Fsp3) is 0.474. The molecule has 1 heterocycles. The van der Waals surface area contributed by atoms with E-state index >= 15 is 0 Å². The lowest BCUT2D eigenvalue weighted by Crippen LogP contribution is -2.33. The van der Waals surface area contributed by atoms with Crippen LogP contribution in [0.3, 0.4) is 0 Å². The summed E-state index contributed by atoms with van der Waals surface area (Å²) in [5, 5.41) is 7.15. The zero-order valence-corrected chi connectivity index (χ0v) is 14.9. The van der Waals surface area contributed by atoms with Gasteiger partial charge in [-0.1, -0.05) is 12.1 Å². The van der Waals surface area contributed by atoms with E-state index in [9.17, 15) is 4.79 Å². The van der Waals surface area contributed by atoms with Crippen LogP contribution in [0.5, 0.6) is 5.75 Å². The van der Waals surface area contributed by atoms with E-state index in [4.69, 9.17) is 9.26 Å². The smallest absolute Gasteiger partial charge is 0.238 e. The number of aryl methyl sites for hydroxylation is 1. The van der Waals surface area contributed by atoms with Gasteiger partial charge in [0, 0.05) is 24.2 Å². The Hall–Kier alpha value is -2.34. The molecule has 0 saturated carbocycles. The predicted molar refractivity (Wildman–Crippen MR) is 95.7 cm³/mol. The molecule has 2 aromatic rings. The number of amides is 1. The minimum absolute atomic E-state index is 0.0376. The topological polar surface area (TPSA) is 67.6 Å². The molecular formula is C19H25N3O3. The molecule has 6 heteroatoms. The van der Waals surface area contributed by atoms with Gasteiger partial charge in [-0.2, -0.15) is 0 Å². The van der Waals surface area contributed by atoms with Gasteiger partial charge in [0.1, 0.15) is 17.2 Å². The number of likely N-dealkylation sites (N-methyl/N-ethyl adjacent to an activating group) is 1. The van der Waals surface area contributed by atoms with Gasteiger partial charge in [-0.3, -0.25) is 9.69 Å². The molecule has 3 rings (SSSR count). The van der Waals surface area contributed by atoms with Gasteiger partial charge >= 0.3 is 0 Å².